The second kappa shape index (κ2) is 11.7. The number of nitrogens with zero attached hydrogens (tertiary/aromatic N) is 1. The number of sulfonamides is 1. The lowest BCUT2D eigenvalue weighted by Crippen LogP contribution is -2.42. The van der Waals surface area contributed by atoms with Gasteiger partial charge in [-0.2, -0.15) is 0 Å². The number of halogens is 2. The van der Waals surface area contributed by atoms with Crippen LogP contribution in [0.5, 0.6) is 0 Å². The van der Waals surface area contributed by atoms with E-state index in [4.69, 9.17) is 0 Å². The van der Waals surface area contributed by atoms with Gasteiger partial charge in [0.2, 0.25) is 10.0 Å². The van der Waals surface area contributed by atoms with Crippen molar-refractivity contribution in [3.63, 3.8) is 0 Å². The van der Waals surface area contributed by atoms with E-state index in [-0.39, 0.29) is 42.1 Å². The Morgan fingerprint density at radius 2 is 1.92 bits per heavy atom. The predicted octanol–water partition coefficient (Wildman–Crippen LogP) is 2.22. The maximum absolute atomic E-state index is 12.9. The van der Waals surface area contributed by atoms with Gasteiger partial charge in [-0.15, -0.1) is 24.0 Å². The highest BCUT2D eigenvalue weighted by Gasteiger charge is 2.20. The van der Waals surface area contributed by atoms with Crippen LogP contribution in [0.4, 0.5) is 4.39 Å². The quantitative estimate of drug-likeness (QED) is 0.277. The molecule has 1 aliphatic rings. The Bertz CT molecular complexity index is 664. The lowest BCUT2D eigenvalue weighted by atomic mass is 9.86. The molecule has 1 fully saturated rings. The molecule has 148 valence electrons. The summed E-state index contributed by atoms with van der Waals surface area (Å²) in [4.78, 5) is 4.39. The zero-order valence-electron chi connectivity index (χ0n) is 15.0. The first kappa shape index (κ1) is 23.1. The lowest BCUT2D eigenvalue weighted by molar-refractivity contribution is 0.316. The molecule has 0 aliphatic heterocycles. The molecule has 6 nitrogen and oxygen atoms in total. The van der Waals surface area contributed by atoms with E-state index in [0.29, 0.717) is 31.5 Å². The van der Waals surface area contributed by atoms with Gasteiger partial charge >= 0.3 is 0 Å². The summed E-state index contributed by atoms with van der Waals surface area (Å²) in [6, 6.07) is 6.14. The second-order valence-corrected chi connectivity index (χ2v) is 8.14. The summed E-state index contributed by atoms with van der Waals surface area (Å²) in [7, 11) is -3.27. The zero-order chi connectivity index (χ0) is 18.1. The molecule has 1 saturated carbocycles. The van der Waals surface area contributed by atoms with Crippen LogP contribution >= 0.6 is 24.0 Å². The molecule has 0 unspecified atom stereocenters. The molecule has 0 atom stereocenters. The van der Waals surface area contributed by atoms with E-state index in [1.165, 1.54) is 18.6 Å². The Hall–Kier alpha value is -0.940. The molecule has 0 aromatic heterocycles. The summed E-state index contributed by atoms with van der Waals surface area (Å²) in [5.74, 6) is 0.761. The Balaban J connectivity index is 0.00000338. The summed E-state index contributed by atoms with van der Waals surface area (Å²) >= 11 is 0. The molecule has 9 heteroatoms. The van der Waals surface area contributed by atoms with Gasteiger partial charge in [0.1, 0.15) is 5.82 Å². The Morgan fingerprint density at radius 1 is 1.23 bits per heavy atom. The van der Waals surface area contributed by atoms with Crippen molar-refractivity contribution < 1.29 is 12.8 Å². The van der Waals surface area contributed by atoms with Crippen molar-refractivity contribution >= 4 is 40.0 Å². The fraction of sp³-hybridized carbons (Fsp3) is 0.588. The SMILES string of the molecule is CCNC(=NCc1ccc(F)cc1)NCCS(=O)(=O)NCC1CCC1.I. The van der Waals surface area contributed by atoms with Crippen molar-refractivity contribution in [2.75, 3.05) is 25.4 Å². The minimum Gasteiger partial charge on any atom is -0.357 e. The molecule has 0 spiro atoms. The Morgan fingerprint density at radius 3 is 2.50 bits per heavy atom. The van der Waals surface area contributed by atoms with Crippen LogP contribution in [0.25, 0.3) is 0 Å². The van der Waals surface area contributed by atoms with Crippen LogP contribution in [0.1, 0.15) is 31.7 Å². The van der Waals surface area contributed by atoms with Crippen molar-refractivity contribution in [3.8, 4) is 0 Å². The minimum atomic E-state index is -3.27. The summed E-state index contributed by atoms with van der Waals surface area (Å²) in [6.07, 6.45) is 3.42. The predicted molar refractivity (Wildman–Crippen MR) is 114 cm³/mol. The molecule has 1 aromatic rings. The van der Waals surface area contributed by atoms with Crippen molar-refractivity contribution in [3.05, 3.63) is 35.6 Å². The smallest absolute Gasteiger partial charge is 0.213 e. The first-order valence-electron chi connectivity index (χ1n) is 8.72. The van der Waals surface area contributed by atoms with Gasteiger partial charge in [-0.3, -0.25) is 0 Å². The molecule has 1 aliphatic carbocycles. The normalized spacial score (nSPS) is 15.1. The van der Waals surface area contributed by atoms with Gasteiger partial charge in [0.25, 0.3) is 0 Å². The standard InChI is InChI=1S/C17H27FN4O2S.HI/c1-2-19-17(21-12-15-6-8-16(18)9-7-15)20-10-11-25(23,24)22-13-14-4-3-5-14;/h6-9,14,22H,2-5,10-13H2,1H3,(H2,19,20,21);1H. The van der Waals surface area contributed by atoms with Gasteiger partial charge in [0.05, 0.1) is 12.3 Å². The van der Waals surface area contributed by atoms with E-state index < -0.39 is 10.0 Å². The van der Waals surface area contributed by atoms with Crippen molar-refractivity contribution in [2.45, 2.75) is 32.7 Å². The average Bonchev–Trinajstić information content (AvgIpc) is 2.52. The molecule has 0 heterocycles. The van der Waals surface area contributed by atoms with E-state index in [9.17, 15) is 12.8 Å². The summed E-state index contributed by atoms with van der Waals surface area (Å²) in [5.41, 5.74) is 0.883. The van der Waals surface area contributed by atoms with E-state index >= 15 is 0 Å². The Labute approximate surface area is 172 Å². The maximum Gasteiger partial charge on any atom is 0.213 e. The molecule has 2 rings (SSSR count). The third-order valence-electron chi connectivity index (χ3n) is 4.16. The fourth-order valence-electron chi connectivity index (χ4n) is 2.42. The van der Waals surface area contributed by atoms with E-state index in [1.807, 2.05) is 6.92 Å². The van der Waals surface area contributed by atoms with Gasteiger partial charge in [-0.05, 0) is 43.4 Å². The lowest BCUT2D eigenvalue weighted by Gasteiger charge is -2.25. The van der Waals surface area contributed by atoms with Gasteiger partial charge in [-0.1, -0.05) is 18.6 Å². The van der Waals surface area contributed by atoms with Crippen molar-refractivity contribution in [2.24, 2.45) is 10.9 Å². The van der Waals surface area contributed by atoms with Crippen LogP contribution < -0.4 is 15.4 Å². The molecule has 3 N–H and O–H groups in total. The molecule has 1 aromatic carbocycles. The summed E-state index contributed by atoms with van der Waals surface area (Å²) in [5, 5.41) is 6.09. The van der Waals surface area contributed by atoms with Gasteiger partial charge in [0, 0.05) is 19.6 Å². The monoisotopic (exact) mass is 498 g/mol. The van der Waals surface area contributed by atoms with Gasteiger partial charge < -0.3 is 10.6 Å². The first-order valence-corrected chi connectivity index (χ1v) is 10.4. The molecule has 0 amide bonds. The van der Waals surface area contributed by atoms with E-state index in [2.05, 4.69) is 20.3 Å². The second-order valence-electron chi connectivity index (χ2n) is 6.21. The zero-order valence-corrected chi connectivity index (χ0v) is 18.1. The molecule has 26 heavy (non-hydrogen) atoms. The van der Waals surface area contributed by atoms with Crippen LogP contribution in [0.15, 0.2) is 29.3 Å². The molecular formula is C17H28FIN4O2S. The number of hydrogen-bond donors (Lipinski definition) is 3. The van der Waals surface area contributed by atoms with Crippen LogP contribution in [-0.4, -0.2) is 39.8 Å². The molecule has 0 radical (unpaired) electrons. The highest BCUT2D eigenvalue weighted by Crippen LogP contribution is 2.25. The molecule has 0 bridgehead atoms. The molecule has 0 saturated heterocycles. The first-order chi connectivity index (χ1) is 12.0. The van der Waals surface area contributed by atoms with Crippen LogP contribution in [-0.2, 0) is 16.6 Å². The number of benzene rings is 1. The van der Waals surface area contributed by atoms with Crippen molar-refractivity contribution in [1.82, 2.24) is 15.4 Å². The third-order valence-corrected chi connectivity index (χ3v) is 5.51. The van der Waals surface area contributed by atoms with Crippen LogP contribution in [0.2, 0.25) is 0 Å². The summed E-state index contributed by atoms with van der Waals surface area (Å²) in [6.45, 7) is 3.81. The molecular weight excluding hydrogens is 470 g/mol. The van der Waals surface area contributed by atoms with E-state index in [0.717, 1.165) is 18.4 Å². The van der Waals surface area contributed by atoms with Crippen molar-refractivity contribution in [1.29, 1.82) is 0 Å². The third kappa shape index (κ3) is 8.63. The largest absolute Gasteiger partial charge is 0.357 e. The number of aliphatic imine (C=N–C) groups is 1. The van der Waals surface area contributed by atoms with Crippen LogP contribution in [0, 0.1) is 11.7 Å². The maximum atomic E-state index is 12.9. The van der Waals surface area contributed by atoms with E-state index in [1.54, 1.807) is 12.1 Å². The number of hydrogen-bond acceptors (Lipinski definition) is 3. The highest BCUT2D eigenvalue weighted by atomic mass is 127. The number of rotatable bonds is 9. The topological polar surface area (TPSA) is 82.6 Å². The Kier molecular flexibility index (Phi) is 10.4. The highest BCUT2D eigenvalue weighted by molar-refractivity contribution is 14.0. The number of guanidine groups is 1. The summed E-state index contributed by atoms with van der Waals surface area (Å²) < 4.78 is 39.5. The van der Waals surface area contributed by atoms with Crippen LogP contribution in [0.3, 0.4) is 0 Å². The van der Waals surface area contributed by atoms with Gasteiger partial charge in [0.15, 0.2) is 5.96 Å². The number of nitrogens with one attached hydrogen (secondary N) is 3. The minimum absolute atomic E-state index is 0. The van der Waals surface area contributed by atoms with Gasteiger partial charge in [-0.25, -0.2) is 22.5 Å². The average molecular weight is 498 g/mol. The fourth-order valence-corrected chi connectivity index (χ4v) is 3.42.